The minimum absolute atomic E-state index is 0.0357. The normalized spacial score (nSPS) is 15.0. The SMILES string of the molecule is CNC(=O)c1ccc(NCC2(c3cccc(C#N)c3)CCC2)nn1. The summed E-state index contributed by atoms with van der Waals surface area (Å²) in [5.74, 6) is 0.392. The van der Waals surface area contributed by atoms with E-state index in [2.05, 4.69) is 33.0 Å². The van der Waals surface area contributed by atoms with Crippen LogP contribution in [0.4, 0.5) is 5.82 Å². The van der Waals surface area contributed by atoms with E-state index in [0.29, 0.717) is 17.1 Å². The largest absolute Gasteiger partial charge is 0.368 e. The number of nitriles is 1. The van der Waals surface area contributed by atoms with Crippen LogP contribution in [0.5, 0.6) is 0 Å². The minimum atomic E-state index is -0.252. The van der Waals surface area contributed by atoms with Gasteiger partial charge in [0.1, 0.15) is 5.82 Å². The number of carbonyl (C=O) groups excluding carboxylic acids is 1. The molecule has 6 heteroatoms. The van der Waals surface area contributed by atoms with Gasteiger partial charge in [0.25, 0.3) is 5.91 Å². The molecule has 24 heavy (non-hydrogen) atoms. The Labute approximate surface area is 140 Å². The Hall–Kier alpha value is -2.94. The number of hydrogen-bond donors (Lipinski definition) is 2. The van der Waals surface area contributed by atoms with Crippen molar-refractivity contribution in [3.63, 3.8) is 0 Å². The van der Waals surface area contributed by atoms with Crippen molar-refractivity contribution in [1.82, 2.24) is 15.5 Å². The molecule has 1 aromatic heterocycles. The summed E-state index contributed by atoms with van der Waals surface area (Å²) in [6.45, 7) is 0.732. The highest BCUT2D eigenvalue weighted by atomic mass is 16.1. The lowest BCUT2D eigenvalue weighted by Gasteiger charge is -2.42. The smallest absolute Gasteiger partial charge is 0.271 e. The van der Waals surface area contributed by atoms with Gasteiger partial charge in [-0.1, -0.05) is 18.6 Å². The van der Waals surface area contributed by atoms with Gasteiger partial charge in [-0.25, -0.2) is 0 Å². The highest BCUT2D eigenvalue weighted by molar-refractivity contribution is 5.91. The van der Waals surface area contributed by atoms with E-state index in [1.807, 2.05) is 18.2 Å². The molecule has 0 unspecified atom stereocenters. The first kappa shape index (κ1) is 15.9. The molecule has 0 aliphatic heterocycles. The van der Waals surface area contributed by atoms with Gasteiger partial charge >= 0.3 is 0 Å². The summed E-state index contributed by atoms with van der Waals surface area (Å²) in [5, 5.41) is 22.9. The standard InChI is InChI=1S/C18H19N5O/c1-20-17(24)15-6-7-16(23-22-15)21-12-18(8-3-9-18)14-5-2-4-13(10-14)11-19/h2,4-7,10H,3,8-9,12H2,1H3,(H,20,24)(H,21,23). The van der Waals surface area contributed by atoms with Gasteiger partial charge in [0.15, 0.2) is 5.69 Å². The zero-order chi connectivity index (χ0) is 17.0. The van der Waals surface area contributed by atoms with Crippen LogP contribution in [0.1, 0.15) is 40.9 Å². The second kappa shape index (κ2) is 6.67. The van der Waals surface area contributed by atoms with E-state index in [1.165, 1.54) is 12.0 Å². The molecule has 122 valence electrons. The molecule has 1 heterocycles. The van der Waals surface area contributed by atoms with Gasteiger partial charge in [-0.05, 0) is 42.7 Å². The molecule has 2 aromatic rings. The van der Waals surface area contributed by atoms with Gasteiger partial charge in [-0.3, -0.25) is 4.79 Å². The maximum Gasteiger partial charge on any atom is 0.271 e. The monoisotopic (exact) mass is 321 g/mol. The van der Waals surface area contributed by atoms with Crippen LogP contribution in [-0.2, 0) is 5.41 Å². The summed E-state index contributed by atoms with van der Waals surface area (Å²) in [7, 11) is 1.56. The third-order valence-corrected chi connectivity index (χ3v) is 4.65. The van der Waals surface area contributed by atoms with Crippen LogP contribution >= 0.6 is 0 Å². The first-order valence-electron chi connectivity index (χ1n) is 7.97. The van der Waals surface area contributed by atoms with Crippen LogP contribution in [0.25, 0.3) is 0 Å². The second-order valence-electron chi connectivity index (χ2n) is 6.06. The van der Waals surface area contributed by atoms with E-state index in [-0.39, 0.29) is 11.3 Å². The van der Waals surface area contributed by atoms with Crippen molar-refractivity contribution >= 4 is 11.7 Å². The number of hydrogen-bond acceptors (Lipinski definition) is 5. The van der Waals surface area contributed by atoms with Crippen molar-refractivity contribution in [3.05, 3.63) is 53.2 Å². The Kier molecular flexibility index (Phi) is 4.43. The van der Waals surface area contributed by atoms with Crippen LogP contribution in [0.2, 0.25) is 0 Å². The maximum absolute atomic E-state index is 11.5. The summed E-state index contributed by atoms with van der Waals surface area (Å²) in [4.78, 5) is 11.5. The van der Waals surface area contributed by atoms with Gasteiger partial charge in [0.05, 0.1) is 11.6 Å². The van der Waals surface area contributed by atoms with Gasteiger partial charge in [-0.2, -0.15) is 5.26 Å². The summed E-state index contributed by atoms with van der Waals surface area (Å²) in [5.41, 5.74) is 2.21. The van der Waals surface area contributed by atoms with Crippen molar-refractivity contribution in [3.8, 4) is 6.07 Å². The Bertz CT molecular complexity index is 775. The molecule has 2 N–H and O–H groups in total. The highest BCUT2D eigenvalue weighted by Gasteiger charge is 2.38. The van der Waals surface area contributed by atoms with E-state index in [9.17, 15) is 4.79 Å². The number of carbonyl (C=O) groups is 1. The first-order chi connectivity index (χ1) is 11.7. The van der Waals surface area contributed by atoms with Crippen LogP contribution in [0.3, 0.4) is 0 Å². The lowest BCUT2D eigenvalue weighted by molar-refractivity contribution is 0.0957. The molecule has 3 rings (SSSR count). The van der Waals surface area contributed by atoms with Crippen molar-refractivity contribution in [2.75, 3.05) is 18.9 Å². The quantitative estimate of drug-likeness (QED) is 0.881. The van der Waals surface area contributed by atoms with Crippen LogP contribution in [0, 0.1) is 11.3 Å². The molecule has 0 bridgehead atoms. The topological polar surface area (TPSA) is 90.7 Å². The molecule has 1 aromatic carbocycles. The first-order valence-corrected chi connectivity index (χ1v) is 7.97. The average Bonchev–Trinajstić information content (AvgIpc) is 2.61. The fourth-order valence-corrected chi connectivity index (χ4v) is 3.03. The summed E-state index contributed by atoms with van der Waals surface area (Å²) < 4.78 is 0. The Morgan fingerprint density at radius 2 is 2.12 bits per heavy atom. The maximum atomic E-state index is 11.5. The van der Waals surface area contributed by atoms with E-state index >= 15 is 0 Å². The number of benzene rings is 1. The van der Waals surface area contributed by atoms with E-state index in [0.717, 1.165) is 19.4 Å². The molecule has 6 nitrogen and oxygen atoms in total. The average molecular weight is 321 g/mol. The van der Waals surface area contributed by atoms with Crippen LogP contribution in [-0.4, -0.2) is 29.7 Å². The number of nitrogens with zero attached hydrogens (tertiary/aromatic N) is 3. The van der Waals surface area contributed by atoms with E-state index in [1.54, 1.807) is 19.2 Å². The predicted molar refractivity (Wildman–Crippen MR) is 90.6 cm³/mol. The third kappa shape index (κ3) is 3.06. The number of nitrogens with one attached hydrogen (secondary N) is 2. The molecular weight excluding hydrogens is 302 g/mol. The summed E-state index contributed by atoms with van der Waals surface area (Å²) >= 11 is 0. The molecule has 0 atom stereocenters. The molecule has 1 amide bonds. The summed E-state index contributed by atoms with van der Waals surface area (Å²) in [6, 6.07) is 13.4. The lowest BCUT2D eigenvalue weighted by Crippen LogP contribution is -2.41. The molecular formula is C18H19N5O. The van der Waals surface area contributed by atoms with Gasteiger partial charge in [0, 0.05) is 19.0 Å². The molecule has 1 saturated carbocycles. The molecule has 0 spiro atoms. The van der Waals surface area contributed by atoms with Crippen molar-refractivity contribution in [2.24, 2.45) is 0 Å². The van der Waals surface area contributed by atoms with Crippen LogP contribution < -0.4 is 10.6 Å². The minimum Gasteiger partial charge on any atom is -0.368 e. The third-order valence-electron chi connectivity index (χ3n) is 4.65. The number of aromatic nitrogens is 2. The Morgan fingerprint density at radius 1 is 1.29 bits per heavy atom. The Balaban J connectivity index is 1.72. The molecule has 1 aliphatic carbocycles. The second-order valence-corrected chi connectivity index (χ2v) is 6.06. The van der Waals surface area contributed by atoms with Gasteiger partial charge < -0.3 is 10.6 Å². The highest BCUT2D eigenvalue weighted by Crippen LogP contribution is 2.43. The number of anilines is 1. The van der Waals surface area contributed by atoms with Gasteiger partial charge in [0.2, 0.25) is 0 Å². The van der Waals surface area contributed by atoms with Gasteiger partial charge in [-0.15, -0.1) is 10.2 Å². The molecule has 1 aliphatic rings. The number of rotatable bonds is 5. The lowest BCUT2D eigenvalue weighted by atomic mass is 9.64. The molecule has 0 saturated heterocycles. The van der Waals surface area contributed by atoms with Crippen LogP contribution in [0.15, 0.2) is 36.4 Å². The Morgan fingerprint density at radius 3 is 2.71 bits per heavy atom. The molecule has 1 fully saturated rings. The zero-order valence-corrected chi connectivity index (χ0v) is 13.5. The van der Waals surface area contributed by atoms with Crippen molar-refractivity contribution < 1.29 is 4.79 Å². The molecule has 0 radical (unpaired) electrons. The van der Waals surface area contributed by atoms with Crippen molar-refractivity contribution in [2.45, 2.75) is 24.7 Å². The number of amides is 1. The fourth-order valence-electron chi connectivity index (χ4n) is 3.03. The fraction of sp³-hybridized carbons (Fsp3) is 0.333. The zero-order valence-electron chi connectivity index (χ0n) is 13.5. The van der Waals surface area contributed by atoms with E-state index in [4.69, 9.17) is 5.26 Å². The van der Waals surface area contributed by atoms with Crippen molar-refractivity contribution in [1.29, 1.82) is 5.26 Å². The summed E-state index contributed by atoms with van der Waals surface area (Å²) in [6.07, 6.45) is 3.34. The predicted octanol–water partition coefficient (Wildman–Crippen LogP) is 2.24. The van der Waals surface area contributed by atoms with E-state index < -0.39 is 0 Å².